The first-order valence-corrected chi connectivity index (χ1v) is 4.82. The minimum atomic E-state index is -1.09. The third kappa shape index (κ3) is 3.85. The summed E-state index contributed by atoms with van der Waals surface area (Å²) < 4.78 is 8.41. The van der Waals surface area contributed by atoms with Crippen molar-refractivity contribution < 1.29 is 38.3 Å². The van der Waals surface area contributed by atoms with E-state index in [1.807, 2.05) is 0 Å². The van der Waals surface area contributed by atoms with E-state index in [0.717, 1.165) is 0 Å². The molecule has 1 fully saturated rings. The number of hydrogen-bond donors (Lipinski definition) is 0. The normalized spacial score (nSPS) is 14.3. The number of carbonyl (C=O) groups excluding carboxylic acids is 5. The van der Waals surface area contributed by atoms with Crippen molar-refractivity contribution in [1.29, 1.82) is 0 Å². The van der Waals surface area contributed by atoms with Gasteiger partial charge in [-0.3, -0.25) is 14.4 Å². The first-order chi connectivity index (χ1) is 8.54. The fraction of sp³-hybridized carbons (Fsp3) is 0.444. The van der Waals surface area contributed by atoms with Crippen molar-refractivity contribution >= 4 is 30.2 Å². The molecule has 1 heterocycles. The Labute approximate surface area is 101 Å². The highest BCUT2D eigenvalue weighted by Crippen LogP contribution is 2.11. The average Bonchev–Trinajstić information content (AvgIpc) is 2.65. The smallest absolute Gasteiger partial charge is 0.370 e. The van der Waals surface area contributed by atoms with Crippen LogP contribution in [0.1, 0.15) is 12.8 Å². The van der Waals surface area contributed by atoms with Gasteiger partial charge in [0.05, 0.1) is 0 Å². The summed E-state index contributed by atoms with van der Waals surface area (Å²) in [6.45, 7) is -1.39. The summed E-state index contributed by atoms with van der Waals surface area (Å²) in [5, 5.41) is 0.331. The highest BCUT2D eigenvalue weighted by molar-refractivity contribution is 6.01. The van der Waals surface area contributed by atoms with E-state index < -0.39 is 37.0 Å². The first kappa shape index (κ1) is 13.6. The molecular weight excluding hydrogens is 250 g/mol. The molecule has 2 amide bonds. The van der Waals surface area contributed by atoms with E-state index in [1.165, 1.54) is 0 Å². The predicted octanol–water partition coefficient (Wildman–Crippen LogP) is -1.69. The Bertz CT molecular complexity index is 374. The SMILES string of the molecule is O=COCC(=O)OCC(=O)ON1C(=O)CCC1=O. The monoisotopic (exact) mass is 259 g/mol. The Morgan fingerprint density at radius 3 is 2.28 bits per heavy atom. The Morgan fingerprint density at radius 2 is 1.72 bits per heavy atom. The lowest BCUT2D eigenvalue weighted by atomic mass is 10.4. The maximum absolute atomic E-state index is 11.1. The summed E-state index contributed by atoms with van der Waals surface area (Å²) >= 11 is 0. The molecule has 0 atom stereocenters. The summed E-state index contributed by atoms with van der Waals surface area (Å²) in [6, 6.07) is 0. The summed E-state index contributed by atoms with van der Waals surface area (Å²) in [4.78, 5) is 58.2. The number of nitrogens with zero attached hydrogens (tertiary/aromatic N) is 1. The Kier molecular flexibility index (Phi) is 4.78. The van der Waals surface area contributed by atoms with Crippen LogP contribution in [0.15, 0.2) is 0 Å². The summed E-state index contributed by atoms with van der Waals surface area (Å²) in [7, 11) is 0. The number of ether oxygens (including phenoxy) is 2. The van der Waals surface area contributed by atoms with E-state index in [9.17, 15) is 24.0 Å². The second-order valence-corrected chi connectivity index (χ2v) is 3.11. The molecule has 0 aliphatic carbocycles. The molecule has 0 N–H and O–H groups in total. The maximum Gasteiger partial charge on any atom is 0.370 e. The largest absolute Gasteiger partial charge is 0.456 e. The van der Waals surface area contributed by atoms with Crippen LogP contribution in [-0.4, -0.2) is 48.5 Å². The van der Waals surface area contributed by atoms with Crippen LogP contribution >= 0.6 is 0 Å². The van der Waals surface area contributed by atoms with Crippen molar-refractivity contribution in [1.82, 2.24) is 5.06 Å². The van der Waals surface area contributed by atoms with Crippen LogP contribution in [0.2, 0.25) is 0 Å². The average molecular weight is 259 g/mol. The van der Waals surface area contributed by atoms with Gasteiger partial charge in [-0.2, -0.15) is 0 Å². The van der Waals surface area contributed by atoms with Gasteiger partial charge < -0.3 is 14.3 Å². The first-order valence-electron chi connectivity index (χ1n) is 4.82. The molecule has 98 valence electrons. The van der Waals surface area contributed by atoms with Gasteiger partial charge in [-0.25, -0.2) is 9.59 Å². The molecule has 9 heteroatoms. The molecule has 1 aliphatic heterocycles. The van der Waals surface area contributed by atoms with Crippen molar-refractivity contribution in [3.05, 3.63) is 0 Å². The Hall–Kier alpha value is -2.45. The van der Waals surface area contributed by atoms with E-state index in [4.69, 9.17) is 0 Å². The molecular formula is C9H9NO8. The Balaban J connectivity index is 2.29. The standard InChI is InChI=1S/C9H9NO8/c11-5-16-3-8(14)17-4-9(15)18-10-6(12)1-2-7(10)13/h5H,1-4H2. The van der Waals surface area contributed by atoms with Gasteiger partial charge in [0.15, 0.2) is 13.2 Å². The van der Waals surface area contributed by atoms with Gasteiger partial charge in [0.25, 0.3) is 18.3 Å². The van der Waals surface area contributed by atoms with E-state index in [0.29, 0.717) is 5.06 Å². The van der Waals surface area contributed by atoms with Crippen LogP contribution in [0.4, 0.5) is 0 Å². The van der Waals surface area contributed by atoms with Crippen LogP contribution in [0, 0.1) is 0 Å². The van der Waals surface area contributed by atoms with Gasteiger partial charge in [-0.1, -0.05) is 0 Å². The molecule has 1 aliphatic rings. The third-order valence-corrected chi connectivity index (χ3v) is 1.82. The third-order valence-electron chi connectivity index (χ3n) is 1.82. The number of hydroxylamine groups is 2. The van der Waals surface area contributed by atoms with Gasteiger partial charge >= 0.3 is 11.9 Å². The molecule has 1 rings (SSSR count). The molecule has 9 nitrogen and oxygen atoms in total. The minimum absolute atomic E-state index is 0.0287. The van der Waals surface area contributed by atoms with Crippen molar-refractivity contribution in [3.63, 3.8) is 0 Å². The molecule has 18 heavy (non-hydrogen) atoms. The van der Waals surface area contributed by atoms with Gasteiger partial charge in [0, 0.05) is 12.8 Å². The van der Waals surface area contributed by atoms with Gasteiger partial charge in [0.1, 0.15) is 0 Å². The predicted molar refractivity (Wildman–Crippen MR) is 50.2 cm³/mol. The zero-order valence-electron chi connectivity index (χ0n) is 9.12. The zero-order valence-corrected chi connectivity index (χ0v) is 9.12. The van der Waals surface area contributed by atoms with Crippen LogP contribution in [-0.2, 0) is 38.3 Å². The number of hydrogen-bond acceptors (Lipinski definition) is 8. The lowest BCUT2D eigenvalue weighted by molar-refractivity contribution is -0.201. The lowest BCUT2D eigenvalue weighted by Gasteiger charge is -2.12. The highest BCUT2D eigenvalue weighted by Gasteiger charge is 2.32. The lowest BCUT2D eigenvalue weighted by Crippen LogP contribution is -2.34. The zero-order chi connectivity index (χ0) is 13.5. The van der Waals surface area contributed by atoms with Crippen molar-refractivity contribution in [2.75, 3.05) is 13.2 Å². The van der Waals surface area contributed by atoms with Gasteiger partial charge in [0.2, 0.25) is 0 Å². The summed E-state index contributed by atoms with van der Waals surface area (Å²) in [5.41, 5.74) is 0. The van der Waals surface area contributed by atoms with Crippen molar-refractivity contribution in [3.8, 4) is 0 Å². The fourth-order valence-corrected chi connectivity index (χ4v) is 1.07. The van der Waals surface area contributed by atoms with Crippen LogP contribution < -0.4 is 0 Å². The number of imide groups is 1. The molecule has 1 saturated heterocycles. The molecule has 0 saturated carbocycles. The van der Waals surface area contributed by atoms with Crippen molar-refractivity contribution in [2.45, 2.75) is 12.8 Å². The number of esters is 1. The van der Waals surface area contributed by atoms with E-state index in [-0.39, 0.29) is 19.3 Å². The summed E-state index contributed by atoms with van der Waals surface area (Å²) in [6.07, 6.45) is -0.0574. The van der Waals surface area contributed by atoms with Crippen LogP contribution in [0.25, 0.3) is 0 Å². The molecule has 0 aromatic heterocycles. The van der Waals surface area contributed by atoms with Gasteiger partial charge in [-0.05, 0) is 0 Å². The topological polar surface area (TPSA) is 116 Å². The number of amides is 2. The second-order valence-electron chi connectivity index (χ2n) is 3.11. The molecule has 0 aromatic rings. The maximum atomic E-state index is 11.1. The Morgan fingerprint density at radius 1 is 1.11 bits per heavy atom. The quantitative estimate of drug-likeness (QED) is 0.315. The van der Waals surface area contributed by atoms with E-state index in [1.54, 1.807) is 0 Å². The van der Waals surface area contributed by atoms with Crippen molar-refractivity contribution in [2.24, 2.45) is 0 Å². The van der Waals surface area contributed by atoms with Crippen LogP contribution in [0.3, 0.4) is 0 Å². The van der Waals surface area contributed by atoms with Crippen LogP contribution in [0.5, 0.6) is 0 Å². The highest BCUT2D eigenvalue weighted by atomic mass is 16.7. The molecule has 0 bridgehead atoms. The fourth-order valence-electron chi connectivity index (χ4n) is 1.07. The van der Waals surface area contributed by atoms with Gasteiger partial charge in [-0.15, -0.1) is 5.06 Å². The molecule has 0 unspecified atom stereocenters. The number of carbonyl (C=O) groups is 5. The molecule has 0 aromatic carbocycles. The molecule has 0 spiro atoms. The second kappa shape index (κ2) is 6.33. The minimum Gasteiger partial charge on any atom is -0.456 e. The number of rotatable bonds is 6. The summed E-state index contributed by atoms with van der Waals surface area (Å²) in [5.74, 6) is -3.32. The molecule has 0 radical (unpaired) electrons. The van der Waals surface area contributed by atoms with E-state index >= 15 is 0 Å². The van der Waals surface area contributed by atoms with E-state index in [2.05, 4.69) is 14.3 Å².